The number of aryl methyl sites for hydroxylation is 1. The van der Waals surface area contributed by atoms with Crippen LogP contribution in [0.25, 0.3) is 11.1 Å². The monoisotopic (exact) mass is 347 g/mol. The first-order chi connectivity index (χ1) is 12.3. The summed E-state index contributed by atoms with van der Waals surface area (Å²) >= 11 is 0. The van der Waals surface area contributed by atoms with Gasteiger partial charge in [0.05, 0.1) is 0 Å². The summed E-state index contributed by atoms with van der Waals surface area (Å²) in [6.07, 6.45) is 8.05. The Morgan fingerprint density at radius 3 is 2.54 bits per heavy atom. The van der Waals surface area contributed by atoms with Gasteiger partial charge in [-0.3, -0.25) is 0 Å². The predicted octanol–water partition coefficient (Wildman–Crippen LogP) is 6.45. The second-order valence-corrected chi connectivity index (χ2v) is 9.14. The van der Waals surface area contributed by atoms with Gasteiger partial charge in [-0.25, -0.2) is 0 Å². The molecule has 0 unspecified atom stereocenters. The molecule has 0 bridgehead atoms. The normalized spacial score (nSPS) is 17.4. The van der Waals surface area contributed by atoms with E-state index in [-0.39, 0.29) is 5.60 Å². The van der Waals surface area contributed by atoms with Crippen molar-refractivity contribution < 1.29 is 4.74 Å². The summed E-state index contributed by atoms with van der Waals surface area (Å²) in [6, 6.07) is 11.4. The lowest BCUT2D eigenvalue weighted by molar-refractivity contribution is 0.141. The Labute approximate surface area is 158 Å². The first-order valence-electron chi connectivity index (χ1n) is 10.1. The standard InChI is InChI=1S/C25H31O/c1-6-14-25(4,5)26-18-8-10-19-17(16-18)7-9-21-20(19)11-12-23-22(21)13-15-24(23,2)3/h8,10-12,14,16H,6-7,9,13,15H2,1-5H3. The topological polar surface area (TPSA) is 9.23 Å². The van der Waals surface area contributed by atoms with Crippen molar-refractivity contribution in [3.05, 3.63) is 59.0 Å². The summed E-state index contributed by atoms with van der Waals surface area (Å²) in [5.41, 5.74) is 9.23. The summed E-state index contributed by atoms with van der Waals surface area (Å²) in [5, 5.41) is 0. The first kappa shape index (κ1) is 17.6. The van der Waals surface area contributed by atoms with Crippen molar-refractivity contribution in [2.75, 3.05) is 0 Å². The van der Waals surface area contributed by atoms with Crippen LogP contribution in [0.3, 0.4) is 0 Å². The van der Waals surface area contributed by atoms with Gasteiger partial charge in [-0.05, 0) is 96.9 Å². The highest BCUT2D eigenvalue weighted by molar-refractivity contribution is 5.76. The van der Waals surface area contributed by atoms with Crippen molar-refractivity contribution in [1.29, 1.82) is 0 Å². The molecule has 0 aromatic heterocycles. The van der Waals surface area contributed by atoms with E-state index in [1.54, 1.807) is 16.7 Å². The van der Waals surface area contributed by atoms with Gasteiger partial charge in [-0.15, -0.1) is 0 Å². The maximum Gasteiger partial charge on any atom is 0.120 e. The van der Waals surface area contributed by atoms with E-state index >= 15 is 0 Å². The number of rotatable bonds is 4. The number of hydrogen-bond acceptors (Lipinski definition) is 1. The first-order valence-corrected chi connectivity index (χ1v) is 10.1. The van der Waals surface area contributed by atoms with Crippen LogP contribution in [0.5, 0.6) is 5.75 Å². The summed E-state index contributed by atoms with van der Waals surface area (Å²) in [5.74, 6) is 0.990. The van der Waals surface area contributed by atoms with Gasteiger partial charge >= 0.3 is 0 Å². The van der Waals surface area contributed by atoms with E-state index in [0.29, 0.717) is 5.41 Å². The molecule has 0 spiro atoms. The van der Waals surface area contributed by atoms with E-state index in [2.05, 4.69) is 71.4 Å². The van der Waals surface area contributed by atoms with Crippen molar-refractivity contribution in [3.8, 4) is 16.9 Å². The maximum absolute atomic E-state index is 6.24. The molecule has 0 aliphatic heterocycles. The van der Waals surface area contributed by atoms with Crippen molar-refractivity contribution in [2.45, 2.75) is 77.7 Å². The molecular weight excluding hydrogens is 316 g/mol. The van der Waals surface area contributed by atoms with E-state index in [4.69, 9.17) is 4.74 Å². The Morgan fingerprint density at radius 2 is 1.77 bits per heavy atom. The van der Waals surface area contributed by atoms with E-state index in [0.717, 1.165) is 25.0 Å². The van der Waals surface area contributed by atoms with E-state index in [1.807, 2.05) is 0 Å². The number of fused-ring (bicyclic) bond motifs is 5. The van der Waals surface area contributed by atoms with E-state index in [1.165, 1.54) is 29.5 Å². The minimum Gasteiger partial charge on any atom is -0.488 e. The predicted molar refractivity (Wildman–Crippen MR) is 110 cm³/mol. The van der Waals surface area contributed by atoms with Crippen molar-refractivity contribution in [2.24, 2.45) is 0 Å². The molecule has 0 fully saturated rings. The average Bonchev–Trinajstić information content (AvgIpc) is 2.89. The minimum atomic E-state index is -0.220. The summed E-state index contributed by atoms with van der Waals surface area (Å²) in [4.78, 5) is 0. The average molecular weight is 348 g/mol. The maximum atomic E-state index is 6.24. The quantitative estimate of drug-likeness (QED) is 0.617. The molecule has 137 valence electrons. The molecule has 26 heavy (non-hydrogen) atoms. The zero-order chi connectivity index (χ0) is 18.5. The van der Waals surface area contributed by atoms with Crippen LogP contribution in [0.15, 0.2) is 30.3 Å². The second kappa shape index (κ2) is 6.15. The minimum absolute atomic E-state index is 0.220. The number of benzene rings is 2. The molecule has 2 aliphatic rings. The Bertz CT molecular complexity index is 841. The summed E-state index contributed by atoms with van der Waals surface area (Å²) in [6.45, 7) is 11.2. The van der Waals surface area contributed by atoms with Crippen LogP contribution in [-0.4, -0.2) is 5.60 Å². The van der Waals surface area contributed by atoms with Gasteiger partial charge in [-0.1, -0.05) is 39.0 Å². The molecule has 0 atom stereocenters. The molecule has 0 saturated carbocycles. The Kier molecular flexibility index (Phi) is 4.17. The molecule has 4 rings (SSSR count). The SMILES string of the molecule is CC[CH]C(C)(C)Oc1ccc2c(c1)CCc1c-2ccc2c1CCC2(C)C. The third-order valence-electron chi connectivity index (χ3n) is 6.25. The van der Waals surface area contributed by atoms with Crippen LogP contribution in [0.1, 0.15) is 69.7 Å². The van der Waals surface area contributed by atoms with Crippen LogP contribution in [0.4, 0.5) is 0 Å². The van der Waals surface area contributed by atoms with Gasteiger partial charge in [-0.2, -0.15) is 0 Å². The number of ether oxygens (including phenoxy) is 1. The lowest BCUT2D eigenvalue weighted by atomic mass is 9.80. The molecule has 0 saturated heterocycles. The zero-order valence-corrected chi connectivity index (χ0v) is 16.9. The number of hydrogen-bond donors (Lipinski definition) is 0. The van der Waals surface area contributed by atoms with Gasteiger partial charge in [0.2, 0.25) is 0 Å². The largest absolute Gasteiger partial charge is 0.488 e. The smallest absolute Gasteiger partial charge is 0.120 e. The highest BCUT2D eigenvalue weighted by Crippen LogP contribution is 2.45. The highest BCUT2D eigenvalue weighted by Gasteiger charge is 2.33. The highest BCUT2D eigenvalue weighted by atomic mass is 16.5. The molecule has 2 aromatic carbocycles. The van der Waals surface area contributed by atoms with Gasteiger partial charge in [0.15, 0.2) is 0 Å². The Balaban J connectivity index is 1.70. The Hall–Kier alpha value is -1.76. The molecule has 0 amide bonds. The fourth-order valence-electron chi connectivity index (χ4n) is 4.92. The molecule has 1 radical (unpaired) electrons. The summed E-state index contributed by atoms with van der Waals surface area (Å²) in [7, 11) is 0. The zero-order valence-electron chi connectivity index (χ0n) is 16.9. The molecule has 1 nitrogen and oxygen atoms in total. The summed E-state index contributed by atoms with van der Waals surface area (Å²) < 4.78 is 6.24. The third kappa shape index (κ3) is 2.96. The molecule has 0 heterocycles. The van der Waals surface area contributed by atoms with Crippen molar-refractivity contribution in [1.82, 2.24) is 0 Å². The van der Waals surface area contributed by atoms with E-state index in [9.17, 15) is 0 Å². The molecule has 2 aliphatic carbocycles. The molecule has 2 aromatic rings. The lowest BCUT2D eigenvalue weighted by Gasteiger charge is -2.28. The van der Waals surface area contributed by atoms with Crippen molar-refractivity contribution >= 4 is 0 Å². The van der Waals surface area contributed by atoms with Crippen LogP contribution in [-0.2, 0) is 24.7 Å². The van der Waals surface area contributed by atoms with Crippen LogP contribution < -0.4 is 4.74 Å². The fourth-order valence-corrected chi connectivity index (χ4v) is 4.92. The lowest BCUT2D eigenvalue weighted by Crippen LogP contribution is -2.28. The second-order valence-electron chi connectivity index (χ2n) is 9.14. The van der Waals surface area contributed by atoms with Crippen LogP contribution in [0.2, 0.25) is 0 Å². The molecular formula is C25H31O. The Morgan fingerprint density at radius 1 is 1.00 bits per heavy atom. The van der Waals surface area contributed by atoms with E-state index < -0.39 is 0 Å². The van der Waals surface area contributed by atoms with Crippen molar-refractivity contribution in [3.63, 3.8) is 0 Å². The van der Waals surface area contributed by atoms with Gasteiger partial charge < -0.3 is 4.74 Å². The van der Waals surface area contributed by atoms with Crippen LogP contribution in [0, 0.1) is 6.42 Å². The van der Waals surface area contributed by atoms with Gasteiger partial charge in [0, 0.05) is 6.42 Å². The molecule has 0 N–H and O–H groups in total. The van der Waals surface area contributed by atoms with Gasteiger partial charge in [0.1, 0.15) is 11.4 Å². The van der Waals surface area contributed by atoms with Crippen LogP contribution >= 0.6 is 0 Å². The fraction of sp³-hybridized carbons (Fsp3) is 0.480. The third-order valence-corrected chi connectivity index (χ3v) is 6.25. The molecule has 1 heteroatoms. The van der Waals surface area contributed by atoms with Gasteiger partial charge in [0.25, 0.3) is 0 Å².